The summed E-state index contributed by atoms with van der Waals surface area (Å²) in [5.41, 5.74) is 0. The molecule has 0 spiro atoms. The number of rotatable bonds is 6. The van der Waals surface area contributed by atoms with Crippen molar-refractivity contribution in [1.82, 2.24) is 0 Å². The van der Waals surface area contributed by atoms with Crippen LogP contribution >= 0.6 is 0 Å². The summed E-state index contributed by atoms with van der Waals surface area (Å²) in [6.45, 7) is 12.4. The summed E-state index contributed by atoms with van der Waals surface area (Å²) in [6, 6.07) is 0. The van der Waals surface area contributed by atoms with E-state index in [2.05, 4.69) is 6.58 Å². The van der Waals surface area contributed by atoms with E-state index in [1.807, 2.05) is 20.4 Å². The van der Waals surface area contributed by atoms with Gasteiger partial charge in [-0.15, -0.1) is 0 Å². The van der Waals surface area contributed by atoms with Gasteiger partial charge < -0.3 is 13.3 Å². The molecule has 0 bridgehead atoms. The van der Waals surface area contributed by atoms with Gasteiger partial charge in [-0.2, -0.15) is 0 Å². The normalized spacial score (nSPS) is 11.3. The Bertz CT molecular complexity index is 141. The molecule has 0 aromatic heterocycles. The van der Waals surface area contributed by atoms with Gasteiger partial charge in [0.25, 0.3) is 0 Å². The third-order valence-corrected chi connectivity index (χ3v) is 3.52. The van der Waals surface area contributed by atoms with Crippen molar-refractivity contribution in [3.05, 3.63) is 12.3 Å². The van der Waals surface area contributed by atoms with Gasteiger partial charge in [0.15, 0.2) is 0 Å². The maximum atomic E-state index is 5.42. The Kier molecular flexibility index (Phi) is 5.20. The lowest BCUT2D eigenvalue weighted by atomic mass is 10.7. The molecular formula is C8H18O3Si. The molecule has 72 valence electrons. The minimum atomic E-state index is -2.41. The van der Waals surface area contributed by atoms with Crippen LogP contribution in [0.3, 0.4) is 0 Å². The second-order valence-corrected chi connectivity index (χ2v) is 5.04. The largest absolute Gasteiger partial charge is 0.562 e. The van der Waals surface area contributed by atoms with Crippen LogP contribution in [0.25, 0.3) is 0 Å². The van der Waals surface area contributed by atoms with Crippen LogP contribution in [-0.4, -0.2) is 22.0 Å². The molecule has 0 aliphatic rings. The van der Waals surface area contributed by atoms with E-state index >= 15 is 0 Å². The third-order valence-electron chi connectivity index (χ3n) is 1.17. The van der Waals surface area contributed by atoms with Crippen LogP contribution in [0.1, 0.15) is 20.8 Å². The monoisotopic (exact) mass is 190 g/mol. The van der Waals surface area contributed by atoms with Crippen molar-refractivity contribution in [3.63, 3.8) is 0 Å². The molecule has 0 radical (unpaired) electrons. The molecule has 0 saturated heterocycles. The van der Waals surface area contributed by atoms with Crippen LogP contribution in [0, 0.1) is 0 Å². The zero-order valence-corrected chi connectivity index (χ0v) is 9.35. The smallest absolute Gasteiger partial charge is 0.506 e. The molecule has 0 atom stereocenters. The van der Waals surface area contributed by atoms with E-state index in [-0.39, 0.29) is 0 Å². The predicted molar refractivity (Wildman–Crippen MR) is 50.8 cm³/mol. The zero-order chi connectivity index (χ0) is 9.61. The first kappa shape index (κ1) is 11.7. The summed E-state index contributed by atoms with van der Waals surface area (Å²) in [5, 5.41) is 0. The second-order valence-electron chi connectivity index (χ2n) is 2.53. The van der Waals surface area contributed by atoms with Gasteiger partial charge in [-0.1, -0.05) is 6.58 Å². The summed E-state index contributed by atoms with van der Waals surface area (Å²) in [5.74, 6) is 0.645. The third kappa shape index (κ3) is 4.53. The molecule has 0 aromatic carbocycles. The Hall–Kier alpha value is -0.323. The number of hydrogen-bond acceptors (Lipinski definition) is 3. The summed E-state index contributed by atoms with van der Waals surface area (Å²) < 4.78 is 16.2. The van der Waals surface area contributed by atoms with E-state index in [0.29, 0.717) is 19.0 Å². The lowest BCUT2D eigenvalue weighted by Crippen LogP contribution is -2.41. The zero-order valence-electron chi connectivity index (χ0n) is 8.35. The molecule has 0 aromatic rings. The lowest BCUT2D eigenvalue weighted by Gasteiger charge is -2.25. The Balaban J connectivity index is 4.07. The fourth-order valence-electron chi connectivity index (χ4n) is 0.941. The Morgan fingerprint density at radius 1 is 1.25 bits per heavy atom. The molecule has 0 N–H and O–H groups in total. The molecule has 0 fully saturated rings. The number of hydrogen-bond donors (Lipinski definition) is 0. The first-order valence-electron chi connectivity index (χ1n) is 4.16. The van der Waals surface area contributed by atoms with E-state index in [9.17, 15) is 0 Å². The van der Waals surface area contributed by atoms with Gasteiger partial charge in [-0.25, -0.2) is 0 Å². The molecule has 0 aliphatic carbocycles. The first-order valence-corrected chi connectivity index (χ1v) is 6.39. The van der Waals surface area contributed by atoms with E-state index in [4.69, 9.17) is 13.3 Å². The standard InChI is InChI=1S/C8H18O3Si/c1-6-9-12(5,10-7-2)11-8(3)4/h3,6-7H2,1-2,4-5H3. The summed E-state index contributed by atoms with van der Waals surface area (Å²) in [6.07, 6.45) is 0. The highest BCUT2D eigenvalue weighted by Crippen LogP contribution is 2.12. The van der Waals surface area contributed by atoms with Crippen LogP contribution in [0.2, 0.25) is 6.55 Å². The van der Waals surface area contributed by atoms with E-state index < -0.39 is 8.80 Å². The molecule has 0 amide bonds. The molecule has 0 unspecified atom stereocenters. The van der Waals surface area contributed by atoms with Crippen molar-refractivity contribution in [2.45, 2.75) is 27.3 Å². The fraction of sp³-hybridized carbons (Fsp3) is 0.750. The highest BCUT2D eigenvalue weighted by Gasteiger charge is 2.35. The molecular weight excluding hydrogens is 172 g/mol. The quantitative estimate of drug-likeness (QED) is 0.474. The summed E-state index contributed by atoms with van der Waals surface area (Å²) in [7, 11) is -2.41. The Labute approximate surface area is 75.7 Å². The van der Waals surface area contributed by atoms with Gasteiger partial charge in [0.2, 0.25) is 0 Å². The van der Waals surface area contributed by atoms with Crippen molar-refractivity contribution >= 4 is 8.80 Å². The molecule has 3 nitrogen and oxygen atoms in total. The van der Waals surface area contributed by atoms with Crippen LogP contribution in [0.15, 0.2) is 12.3 Å². The fourth-order valence-corrected chi connectivity index (χ4v) is 2.82. The van der Waals surface area contributed by atoms with E-state index in [1.54, 1.807) is 6.92 Å². The molecule has 12 heavy (non-hydrogen) atoms. The maximum Gasteiger partial charge on any atom is 0.562 e. The Morgan fingerprint density at radius 2 is 1.67 bits per heavy atom. The first-order chi connectivity index (χ1) is 5.54. The van der Waals surface area contributed by atoms with Crippen molar-refractivity contribution in [3.8, 4) is 0 Å². The molecule has 4 heteroatoms. The van der Waals surface area contributed by atoms with Gasteiger partial charge in [0.05, 0.1) is 5.76 Å². The SMILES string of the molecule is C=C(C)O[Si](C)(OCC)OCC. The van der Waals surface area contributed by atoms with Gasteiger partial charge in [0, 0.05) is 19.8 Å². The van der Waals surface area contributed by atoms with Gasteiger partial charge >= 0.3 is 8.80 Å². The van der Waals surface area contributed by atoms with Crippen molar-refractivity contribution in [2.75, 3.05) is 13.2 Å². The highest BCUT2D eigenvalue weighted by molar-refractivity contribution is 6.59. The van der Waals surface area contributed by atoms with Gasteiger partial charge in [-0.05, 0) is 20.8 Å². The Morgan fingerprint density at radius 3 is 1.92 bits per heavy atom. The summed E-state index contributed by atoms with van der Waals surface area (Å²) in [4.78, 5) is 0. The minimum Gasteiger partial charge on any atom is -0.506 e. The molecule has 0 saturated carbocycles. The van der Waals surface area contributed by atoms with Crippen LogP contribution in [-0.2, 0) is 13.3 Å². The topological polar surface area (TPSA) is 27.7 Å². The van der Waals surface area contributed by atoms with E-state index in [1.165, 1.54) is 0 Å². The summed E-state index contributed by atoms with van der Waals surface area (Å²) >= 11 is 0. The van der Waals surface area contributed by atoms with Crippen LogP contribution in [0.5, 0.6) is 0 Å². The average Bonchev–Trinajstić information content (AvgIpc) is 1.85. The van der Waals surface area contributed by atoms with Crippen molar-refractivity contribution < 1.29 is 13.3 Å². The van der Waals surface area contributed by atoms with Crippen molar-refractivity contribution in [2.24, 2.45) is 0 Å². The highest BCUT2D eigenvalue weighted by atomic mass is 28.4. The lowest BCUT2D eigenvalue weighted by molar-refractivity contribution is 0.0995. The van der Waals surface area contributed by atoms with Gasteiger partial charge in [0.1, 0.15) is 0 Å². The second kappa shape index (κ2) is 5.34. The molecule has 0 heterocycles. The van der Waals surface area contributed by atoms with Crippen molar-refractivity contribution in [1.29, 1.82) is 0 Å². The van der Waals surface area contributed by atoms with E-state index in [0.717, 1.165) is 0 Å². The predicted octanol–water partition coefficient (Wildman–Crippen LogP) is 2.18. The number of allylic oxidation sites excluding steroid dienone is 1. The van der Waals surface area contributed by atoms with Crippen LogP contribution in [0.4, 0.5) is 0 Å². The maximum absolute atomic E-state index is 5.42. The van der Waals surface area contributed by atoms with Gasteiger partial charge in [-0.3, -0.25) is 0 Å². The van der Waals surface area contributed by atoms with Crippen LogP contribution < -0.4 is 0 Å². The average molecular weight is 190 g/mol. The minimum absolute atomic E-state index is 0.607. The molecule has 0 rings (SSSR count). The molecule has 0 aliphatic heterocycles.